The van der Waals surface area contributed by atoms with Crippen LogP contribution in [-0.2, 0) is 9.47 Å². The molecule has 3 fully saturated rings. The number of hydrogen-bond acceptors (Lipinski definition) is 4. The highest BCUT2D eigenvalue weighted by Crippen LogP contribution is 2.42. The van der Waals surface area contributed by atoms with Gasteiger partial charge in [0.15, 0.2) is 0 Å². The fourth-order valence-corrected chi connectivity index (χ4v) is 4.80. The van der Waals surface area contributed by atoms with Gasteiger partial charge in [-0.3, -0.25) is 0 Å². The van der Waals surface area contributed by atoms with Crippen molar-refractivity contribution in [3.05, 3.63) is 35.9 Å². The molecule has 1 aromatic rings. The van der Waals surface area contributed by atoms with E-state index in [2.05, 4.69) is 35.6 Å². The van der Waals surface area contributed by atoms with Gasteiger partial charge in [0.1, 0.15) is 5.60 Å². The van der Waals surface area contributed by atoms with Crippen LogP contribution in [0, 0.1) is 11.3 Å². The molecule has 1 aromatic carbocycles. The summed E-state index contributed by atoms with van der Waals surface area (Å²) in [6, 6.07) is 11.4. The standard InChI is InChI=1S/C26H40N2O3/c1-25(2,3)31-24(29)28-14-12-26(13-15-28,19-30-17-20-8-7-9-20)18-27-23-16-22(23)21-10-5-4-6-11-21/h4-6,10-11,20,22-23,27H,7-9,12-19H2,1-3H3/t22-,23+/m0/s1. The van der Waals surface area contributed by atoms with E-state index in [0.29, 0.717) is 12.0 Å². The van der Waals surface area contributed by atoms with Gasteiger partial charge in [0, 0.05) is 43.6 Å². The summed E-state index contributed by atoms with van der Waals surface area (Å²) in [5.41, 5.74) is 1.10. The highest BCUT2D eigenvalue weighted by Gasteiger charge is 2.42. The van der Waals surface area contributed by atoms with Crippen LogP contribution >= 0.6 is 0 Å². The Bertz CT molecular complexity index is 718. The number of nitrogens with one attached hydrogen (secondary N) is 1. The Labute approximate surface area is 187 Å². The largest absolute Gasteiger partial charge is 0.444 e. The van der Waals surface area contributed by atoms with Crippen LogP contribution in [0.15, 0.2) is 30.3 Å². The van der Waals surface area contributed by atoms with Gasteiger partial charge in [-0.2, -0.15) is 0 Å². The zero-order valence-corrected chi connectivity index (χ0v) is 19.6. The first-order valence-corrected chi connectivity index (χ1v) is 12.2. The van der Waals surface area contributed by atoms with Gasteiger partial charge in [0.2, 0.25) is 0 Å². The maximum Gasteiger partial charge on any atom is 0.410 e. The fourth-order valence-electron chi connectivity index (χ4n) is 4.80. The first-order chi connectivity index (χ1) is 14.8. The van der Waals surface area contributed by atoms with Crippen LogP contribution in [0.1, 0.15) is 70.8 Å². The molecule has 2 aliphatic carbocycles. The number of rotatable bonds is 8. The second kappa shape index (κ2) is 9.50. The van der Waals surface area contributed by atoms with E-state index in [1.54, 1.807) is 0 Å². The summed E-state index contributed by atoms with van der Waals surface area (Å²) in [5.74, 6) is 1.40. The second-order valence-electron chi connectivity index (χ2n) is 11.0. The van der Waals surface area contributed by atoms with E-state index in [1.807, 2.05) is 25.7 Å². The second-order valence-corrected chi connectivity index (χ2v) is 11.0. The third-order valence-corrected chi connectivity index (χ3v) is 7.22. The molecule has 1 aliphatic heterocycles. The number of likely N-dealkylation sites (tertiary alicyclic amines) is 1. The first kappa shape index (κ1) is 22.6. The summed E-state index contributed by atoms with van der Waals surface area (Å²) < 4.78 is 11.8. The van der Waals surface area contributed by atoms with Crippen molar-refractivity contribution in [1.29, 1.82) is 0 Å². The van der Waals surface area contributed by atoms with Crippen molar-refractivity contribution >= 4 is 6.09 Å². The molecule has 0 aromatic heterocycles. The molecule has 0 bridgehead atoms. The molecule has 1 N–H and O–H groups in total. The zero-order valence-electron chi connectivity index (χ0n) is 19.6. The Morgan fingerprint density at radius 2 is 1.87 bits per heavy atom. The molecular weight excluding hydrogens is 388 g/mol. The lowest BCUT2D eigenvalue weighted by atomic mass is 9.78. The predicted octanol–water partition coefficient (Wildman–Crippen LogP) is 4.97. The van der Waals surface area contributed by atoms with E-state index in [0.717, 1.165) is 51.6 Å². The van der Waals surface area contributed by atoms with E-state index in [4.69, 9.17) is 9.47 Å². The smallest absolute Gasteiger partial charge is 0.410 e. The summed E-state index contributed by atoms with van der Waals surface area (Å²) in [7, 11) is 0. The average Bonchev–Trinajstić information content (AvgIpc) is 3.48. The van der Waals surface area contributed by atoms with E-state index in [1.165, 1.54) is 31.2 Å². The Balaban J connectivity index is 1.30. The molecule has 1 amide bonds. The van der Waals surface area contributed by atoms with E-state index < -0.39 is 5.60 Å². The molecule has 0 spiro atoms. The van der Waals surface area contributed by atoms with Crippen LogP contribution in [0.25, 0.3) is 0 Å². The van der Waals surface area contributed by atoms with Gasteiger partial charge in [0.25, 0.3) is 0 Å². The number of hydrogen-bond donors (Lipinski definition) is 1. The summed E-state index contributed by atoms with van der Waals surface area (Å²) in [6.07, 6.45) is 6.95. The Kier molecular flexibility index (Phi) is 6.92. The van der Waals surface area contributed by atoms with Gasteiger partial charge in [-0.15, -0.1) is 0 Å². The van der Waals surface area contributed by atoms with E-state index in [9.17, 15) is 4.79 Å². The van der Waals surface area contributed by atoms with Crippen molar-refractivity contribution in [3.8, 4) is 0 Å². The number of carbonyl (C=O) groups excluding carboxylic acids is 1. The SMILES string of the molecule is CC(C)(C)OC(=O)N1CCC(CN[C@@H]2C[C@H]2c2ccccc2)(COCC2CCC2)CC1. The molecule has 4 rings (SSSR count). The number of amides is 1. The van der Waals surface area contributed by atoms with Crippen LogP contribution in [0.5, 0.6) is 0 Å². The molecule has 2 atom stereocenters. The number of carbonyl (C=O) groups is 1. The van der Waals surface area contributed by atoms with Crippen molar-refractivity contribution in [3.63, 3.8) is 0 Å². The van der Waals surface area contributed by atoms with Crippen LogP contribution in [-0.4, -0.2) is 55.5 Å². The molecule has 5 nitrogen and oxygen atoms in total. The van der Waals surface area contributed by atoms with E-state index >= 15 is 0 Å². The molecule has 0 radical (unpaired) electrons. The van der Waals surface area contributed by atoms with Crippen LogP contribution in [0.3, 0.4) is 0 Å². The van der Waals surface area contributed by atoms with Gasteiger partial charge in [-0.25, -0.2) is 4.79 Å². The van der Waals surface area contributed by atoms with Gasteiger partial charge >= 0.3 is 6.09 Å². The summed E-state index contributed by atoms with van der Waals surface area (Å²) >= 11 is 0. The van der Waals surface area contributed by atoms with Crippen LogP contribution < -0.4 is 5.32 Å². The maximum absolute atomic E-state index is 12.5. The van der Waals surface area contributed by atoms with Crippen molar-refractivity contribution < 1.29 is 14.3 Å². The molecule has 0 unspecified atom stereocenters. The van der Waals surface area contributed by atoms with Gasteiger partial charge < -0.3 is 19.7 Å². The highest BCUT2D eigenvalue weighted by molar-refractivity contribution is 5.68. The normalized spacial score (nSPS) is 25.7. The average molecular weight is 429 g/mol. The van der Waals surface area contributed by atoms with Crippen molar-refractivity contribution in [2.24, 2.45) is 11.3 Å². The summed E-state index contributed by atoms with van der Waals surface area (Å²) in [6.45, 7) is 9.93. The fraction of sp³-hybridized carbons (Fsp3) is 0.731. The number of piperidine rings is 1. The van der Waals surface area contributed by atoms with Gasteiger partial charge in [0.05, 0.1) is 6.61 Å². The Morgan fingerprint density at radius 1 is 1.16 bits per heavy atom. The predicted molar refractivity (Wildman–Crippen MR) is 123 cm³/mol. The van der Waals surface area contributed by atoms with Crippen molar-refractivity contribution in [2.45, 2.75) is 76.9 Å². The lowest BCUT2D eigenvalue weighted by molar-refractivity contribution is -0.0285. The number of nitrogens with zero attached hydrogens (tertiary/aromatic N) is 1. The molecule has 1 saturated heterocycles. The lowest BCUT2D eigenvalue weighted by Gasteiger charge is -2.42. The molecular formula is C26H40N2O3. The topological polar surface area (TPSA) is 50.8 Å². The zero-order chi connectivity index (χ0) is 21.9. The Morgan fingerprint density at radius 3 is 2.48 bits per heavy atom. The van der Waals surface area contributed by atoms with Crippen LogP contribution in [0.2, 0.25) is 0 Å². The summed E-state index contributed by atoms with van der Waals surface area (Å²) in [4.78, 5) is 14.4. The Hall–Kier alpha value is -1.59. The quantitative estimate of drug-likeness (QED) is 0.635. The molecule has 172 valence electrons. The van der Waals surface area contributed by atoms with Crippen LogP contribution in [0.4, 0.5) is 4.79 Å². The number of ether oxygens (including phenoxy) is 2. The molecule has 31 heavy (non-hydrogen) atoms. The number of benzene rings is 1. The van der Waals surface area contributed by atoms with Gasteiger partial charge in [-0.1, -0.05) is 36.8 Å². The minimum Gasteiger partial charge on any atom is -0.444 e. The van der Waals surface area contributed by atoms with Gasteiger partial charge in [-0.05, 0) is 64.4 Å². The third kappa shape index (κ3) is 6.23. The molecule has 1 heterocycles. The first-order valence-electron chi connectivity index (χ1n) is 12.2. The van der Waals surface area contributed by atoms with E-state index in [-0.39, 0.29) is 11.5 Å². The highest BCUT2D eigenvalue weighted by atomic mass is 16.6. The lowest BCUT2D eigenvalue weighted by Crippen LogP contribution is -2.50. The summed E-state index contributed by atoms with van der Waals surface area (Å²) in [5, 5.41) is 3.85. The minimum atomic E-state index is -0.447. The monoisotopic (exact) mass is 428 g/mol. The minimum absolute atomic E-state index is 0.103. The molecule has 5 heteroatoms. The third-order valence-electron chi connectivity index (χ3n) is 7.22. The molecule has 2 saturated carbocycles. The van der Waals surface area contributed by atoms with Crippen molar-refractivity contribution in [2.75, 3.05) is 32.8 Å². The van der Waals surface area contributed by atoms with Crippen molar-refractivity contribution in [1.82, 2.24) is 10.2 Å². The molecule has 3 aliphatic rings. The maximum atomic E-state index is 12.5.